The predicted molar refractivity (Wildman–Crippen MR) is 111 cm³/mol. The maximum absolute atomic E-state index is 13.1. The fraction of sp³-hybridized carbons (Fsp3) is 0.333. The van der Waals surface area contributed by atoms with Crippen LogP contribution in [0.1, 0.15) is 40.0 Å². The molecule has 28 heavy (non-hydrogen) atoms. The zero-order valence-corrected chi connectivity index (χ0v) is 17.0. The number of likely N-dealkylation sites (tertiary alicyclic amines) is 1. The van der Waals surface area contributed by atoms with Crippen molar-refractivity contribution in [2.45, 2.75) is 26.2 Å². The molecule has 0 spiro atoms. The minimum atomic E-state index is 0.0483. The van der Waals surface area contributed by atoms with E-state index in [4.69, 9.17) is 9.72 Å². The summed E-state index contributed by atoms with van der Waals surface area (Å²) in [6, 6.07) is 7.72. The molecule has 6 nitrogen and oxygen atoms in total. The number of carbonyl (C=O) groups is 1. The molecule has 1 atom stereocenters. The maximum atomic E-state index is 13.1. The number of ether oxygens (including phenoxy) is 1. The third kappa shape index (κ3) is 2.61. The molecule has 0 bridgehead atoms. The van der Waals surface area contributed by atoms with Crippen molar-refractivity contribution in [3.63, 3.8) is 0 Å². The van der Waals surface area contributed by atoms with Crippen molar-refractivity contribution >= 4 is 33.0 Å². The standard InChI is InChI=1S/C21H22N4O2S/c1-12-11-28-21-19(22-13(2)25(12)21)15-6-7-24(10-15)20(26)18-8-14-4-5-16(27-3)9-17(14)23-18/h4-5,8-9,11,15,23H,6-7,10H2,1-3H3/t15-/m0/s1. The van der Waals surface area contributed by atoms with E-state index in [2.05, 4.69) is 21.7 Å². The van der Waals surface area contributed by atoms with E-state index in [0.717, 1.165) is 41.1 Å². The van der Waals surface area contributed by atoms with Crippen LogP contribution in [0, 0.1) is 13.8 Å². The van der Waals surface area contributed by atoms with E-state index in [1.165, 1.54) is 10.5 Å². The number of H-pyrrole nitrogens is 1. The molecule has 3 aromatic heterocycles. The number of imidazole rings is 1. The lowest BCUT2D eigenvalue weighted by molar-refractivity contribution is 0.0786. The lowest BCUT2D eigenvalue weighted by Gasteiger charge is -2.15. The minimum absolute atomic E-state index is 0.0483. The predicted octanol–water partition coefficient (Wildman–Crippen LogP) is 4.13. The van der Waals surface area contributed by atoms with Crippen LogP contribution in [0.5, 0.6) is 5.75 Å². The zero-order valence-electron chi connectivity index (χ0n) is 16.2. The molecular weight excluding hydrogens is 372 g/mol. The number of methoxy groups -OCH3 is 1. The van der Waals surface area contributed by atoms with Gasteiger partial charge in [0.2, 0.25) is 0 Å². The van der Waals surface area contributed by atoms with E-state index in [1.807, 2.05) is 36.1 Å². The maximum Gasteiger partial charge on any atom is 0.270 e. The van der Waals surface area contributed by atoms with Crippen LogP contribution in [0.15, 0.2) is 29.6 Å². The van der Waals surface area contributed by atoms with E-state index in [1.54, 1.807) is 18.4 Å². The highest BCUT2D eigenvalue weighted by molar-refractivity contribution is 7.15. The number of aromatic nitrogens is 3. The molecule has 1 saturated heterocycles. The number of amides is 1. The number of carbonyl (C=O) groups excluding carboxylic acids is 1. The lowest BCUT2D eigenvalue weighted by atomic mass is 10.1. The summed E-state index contributed by atoms with van der Waals surface area (Å²) in [5.74, 6) is 2.14. The van der Waals surface area contributed by atoms with Gasteiger partial charge in [-0.1, -0.05) is 0 Å². The Morgan fingerprint density at radius 3 is 3.00 bits per heavy atom. The highest BCUT2D eigenvalue weighted by Gasteiger charge is 2.32. The highest BCUT2D eigenvalue weighted by Crippen LogP contribution is 2.34. The van der Waals surface area contributed by atoms with E-state index < -0.39 is 0 Å². The molecule has 1 amide bonds. The number of hydrogen-bond acceptors (Lipinski definition) is 4. The minimum Gasteiger partial charge on any atom is -0.497 e. The van der Waals surface area contributed by atoms with Crippen LogP contribution in [0.4, 0.5) is 0 Å². The summed E-state index contributed by atoms with van der Waals surface area (Å²) < 4.78 is 7.49. The molecule has 1 N–H and O–H groups in total. The summed E-state index contributed by atoms with van der Waals surface area (Å²) in [6.07, 6.45) is 0.947. The molecule has 5 rings (SSSR count). The third-order valence-electron chi connectivity index (χ3n) is 5.64. The van der Waals surface area contributed by atoms with Crippen molar-refractivity contribution in [1.82, 2.24) is 19.3 Å². The Morgan fingerprint density at radius 1 is 1.32 bits per heavy atom. The number of rotatable bonds is 3. The molecule has 0 radical (unpaired) electrons. The lowest BCUT2D eigenvalue weighted by Crippen LogP contribution is -2.28. The Balaban J connectivity index is 1.40. The Bertz CT molecular complexity index is 1200. The number of thiazole rings is 1. The van der Waals surface area contributed by atoms with Gasteiger partial charge < -0.3 is 14.6 Å². The first kappa shape index (κ1) is 17.3. The number of aryl methyl sites for hydroxylation is 2. The first-order chi connectivity index (χ1) is 13.5. The quantitative estimate of drug-likeness (QED) is 0.568. The third-order valence-corrected chi connectivity index (χ3v) is 6.72. The van der Waals surface area contributed by atoms with Gasteiger partial charge >= 0.3 is 0 Å². The van der Waals surface area contributed by atoms with Gasteiger partial charge in [0.05, 0.1) is 12.8 Å². The Morgan fingerprint density at radius 2 is 2.18 bits per heavy atom. The zero-order chi connectivity index (χ0) is 19.4. The first-order valence-corrected chi connectivity index (χ1v) is 10.3. The highest BCUT2D eigenvalue weighted by atomic mass is 32.1. The summed E-state index contributed by atoms with van der Waals surface area (Å²) >= 11 is 1.74. The van der Waals surface area contributed by atoms with Crippen molar-refractivity contribution in [3.05, 3.63) is 52.6 Å². The van der Waals surface area contributed by atoms with Crippen molar-refractivity contribution in [3.8, 4) is 5.75 Å². The van der Waals surface area contributed by atoms with Gasteiger partial charge in [0.15, 0.2) is 0 Å². The van der Waals surface area contributed by atoms with Gasteiger partial charge in [-0.2, -0.15) is 0 Å². The van der Waals surface area contributed by atoms with Gasteiger partial charge in [0, 0.05) is 47.1 Å². The van der Waals surface area contributed by atoms with E-state index in [9.17, 15) is 4.79 Å². The van der Waals surface area contributed by atoms with Gasteiger partial charge in [0.1, 0.15) is 22.1 Å². The van der Waals surface area contributed by atoms with Crippen LogP contribution < -0.4 is 4.74 Å². The summed E-state index contributed by atoms with van der Waals surface area (Å²) in [4.78, 5) is 24.3. The Labute approximate surface area is 166 Å². The Kier molecular flexibility index (Phi) is 3.94. The second kappa shape index (κ2) is 6.38. The molecular formula is C21H22N4O2S. The van der Waals surface area contributed by atoms with Crippen LogP contribution in [-0.2, 0) is 0 Å². The van der Waals surface area contributed by atoms with Crippen molar-refractivity contribution in [1.29, 1.82) is 0 Å². The van der Waals surface area contributed by atoms with Crippen LogP contribution in [-0.4, -0.2) is 45.4 Å². The summed E-state index contributed by atoms with van der Waals surface area (Å²) in [7, 11) is 1.64. The second-order valence-electron chi connectivity index (χ2n) is 7.43. The molecule has 7 heteroatoms. The first-order valence-electron chi connectivity index (χ1n) is 9.44. The topological polar surface area (TPSA) is 62.6 Å². The average Bonchev–Trinajstić information content (AvgIpc) is 3.45. The fourth-order valence-electron chi connectivity index (χ4n) is 4.21. The molecule has 144 valence electrons. The molecule has 1 aromatic carbocycles. The molecule has 4 aromatic rings. The van der Waals surface area contributed by atoms with E-state index >= 15 is 0 Å². The van der Waals surface area contributed by atoms with Gasteiger partial charge in [-0.3, -0.25) is 9.20 Å². The normalized spacial score (nSPS) is 17.1. The second-order valence-corrected chi connectivity index (χ2v) is 8.29. The summed E-state index contributed by atoms with van der Waals surface area (Å²) in [5.41, 5.74) is 3.89. The van der Waals surface area contributed by atoms with Crippen molar-refractivity contribution in [2.75, 3.05) is 20.2 Å². The van der Waals surface area contributed by atoms with E-state index in [-0.39, 0.29) is 11.8 Å². The molecule has 1 fully saturated rings. The molecule has 0 unspecified atom stereocenters. The van der Waals surface area contributed by atoms with Crippen molar-refractivity contribution < 1.29 is 9.53 Å². The Hall–Kier alpha value is -2.80. The number of fused-ring (bicyclic) bond motifs is 2. The van der Waals surface area contributed by atoms with Crippen LogP contribution in [0.25, 0.3) is 15.7 Å². The van der Waals surface area contributed by atoms with Gasteiger partial charge in [-0.15, -0.1) is 11.3 Å². The van der Waals surface area contributed by atoms with E-state index in [0.29, 0.717) is 12.2 Å². The van der Waals surface area contributed by atoms with Crippen LogP contribution >= 0.6 is 11.3 Å². The number of aromatic amines is 1. The monoisotopic (exact) mass is 394 g/mol. The fourth-order valence-corrected chi connectivity index (χ4v) is 5.31. The summed E-state index contributed by atoms with van der Waals surface area (Å²) in [5, 5.41) is 3.19. The van der Waals surface area contributed by atoms with Gasteiger partial charge in [0.25, 0.3) is 5.91 Å². The number of nitrogens with one attached hydrogen (secondary N) is 1. The van der Waals surface area contributed by atoms with Crippen LogP contribution in [0.3, 0.4) is 0 Å². The van der Waals surface area contributed by atoms with Crippen LogP contribution in [0.2, 0.25) is 0 Å². The SMILES string of the molecule is COc1ccc2cc(C(=O)N3CC[C@H](c4nc(C)n5c(C)csc45)C3)[nH]c2c1. The summed E-state index contributed by atoms with van der Waals surface area (Å²) in [6.45, 7) is 5.62. The molecule has 0 aliphatic carbocycles. The number of benzene rings is 1. The van der Waals surface area contributed by atoms with Gasteiger partial charge in [-0.05, 0) is 38.5 Å². The molecule has 1 aliphatic heterocycles. The number of hydrogen-bond donors (Lipinski definition) is 1. The number of nitrogens with zero attached hydrogens (tertiary/aromatic N) is 3. The molecule has 0 saturated carbocycles. The molecule has 4 heterocycles. The van der Waals surface area contributed by atoms with Gasteiger partial charge in [-0.25, -0.2) is 4.98 Å². The molecule has 1 aliphatic rings. The smallest absolute Gasteiger partial charge is 0.270 e. The van der Waals surface area contributed by atoms with Crippen molar-refractivity contribution in [2.24, 2.45) is 0 Å². The average molecular weight is 395 g/mol. The largest absolute Gasteiger partial charge is 0.497 e.